The summed E-state index contributed by atoms with van der Waals surface area (Å²) < 4.78 is 48.9. The van der Waals surface area contributed by atoms with Crippen molar-refractivity contribution in [2.75, 3.05) is 20.2 Å². The van der Waals surface area contributed by atoms with Crippen molar-refractivity contribution in [3.05, 3.63) is 74.9 Å². The van der Waals surface area contributed by atoms with Crippen molar-refractivity contribution >= 4 is 44.8 Å². The molecule has 0 saturated carbocycles. The molecule has 0 spiro atoms. The van der Waals surface area contributed by atoms with E-state index in [1.54, 1.807) is 25.4 Å². The predicted octanol–water partition coefficient (Wildman–Crippen LogP) is 3.91. The number of piperidine rings is 1. The Morgan fingerprint density at radius 2 is 2.05 bits per heavy atom. The number of carbonyl (C=O) groups is 1. The number of esters is 1. The van der Waals surface area contributed by atoms with Crippen LogP contribution in [0.1, 0.15) is 49.7 Å². The van der Waals surface area contributed by atoms with Crippen LogP contribution >= 0.6 is 22.9 Å². The zero-order valence-corrected chi connectivity index (χ0v) is 26.2. The average molecular weight is 651 g/mol. The van der Waals surface area contributed by atoms with Gasteiger partial charge < -0.3 is 15.2 Å². The second kappa shape index (κ2) is 12.4. The fourth-order valence-corrected chi connectivity index (χ4v) is 7.42. The molecule has 1 fully saturated rings. The number of benzene rings is 1. The molecule has 2 aliphatic rings. The molecule has 0 aliphatic carbocycles. The summed E-state index contributed by atoms with van der Waals surface area (Å²) in [7, 11) is -2.55. The number of methoxy groups -OCH3 is 1. The van der Waals surface area contributed by atoms with Gasteiger partial charge in [0.25, 0.3) is 0 Å². The number of aliphatic hydroxyl groups is 1. The van der Waals surface area contributed by atoms with E-state index in [0.29, 0.717) is 47.9 Å². The lowest BCUT2D eigenvalue weighted by Gasteiger charge is -2.36. The average Bonchev–Trinajstić information content (AvgIpc) is 3.68. The third kappa shape index (κ3) is 6.83. The molecule has 230 valence electrons. The van der Waals surface area contributed by atoms with E-state index in [0.717, 1.165) is 0 Å². The van der Waals surface area contributed by atoms with Crippen LogP contribution in [0.25, 0.3) is 0 Å². The third-order valence-electron chi connectivity index (χ3n) is 7.43. The zero-order valence-electron chi connectivity index (χ0n) is 23.8. The van der Waals surface area contributed by atoms with Gasteiger partial charge in [-0.2, -0.15) is 9.40 Å². The minimum Gasteiger partial charge on any atom is -0.466 e. The molecule has 1 saturated heterocycles. The smallest absolute Gasteiger partial charge is 0.338 e. The molecule has 0 unspecified atom stereocenters. The molecule has 1 aromatic carbocycles. The predicted molar refractivity (Wildman–Crippen MR) is 160 cm³/mol. The molecule has 43 heavy (non-hydrogen) atoms. The highest BCUT2D eigenvalue weighted by molar-refractivity contribution is 7.89. The van der Waals surface area contributed by atoms with Crippen molar-refractivity contribution in [1.82, 2.24) is 24.4 Å². The van der Waals surface area contributed by atoms with E-state index in [4.69, 9.17) is 21.3 Å². The molecule has 4 heterocycles. The number of nitrogens with zero attached hydrogens (tertiary/aromatic N) is 5. The first-order valence-corrected chi connectivity index (χ1v) is 16.3. The summed E-state index contributed by atoms with van der Waals surface area (Å²) in [6.45, 7) is 4.14. The molecule has 0 bridgehead atoms. The number of halogens is 2. The second-order valence-electron chi connectivity index (χ2n) is 11.0. The summed E-state index contributed by atoms with van der Waals surface area (Å²) >= 11 is 7.80. The van der Waals surface area contributed by atoms with Crippen molar-refractivity contribution in [2.24, 2.45) is 10.9 Å². The van der Waals surface area contributed by atoms with Gasteiger partial charge in [0.1, 0.15) is 16.8 Å². The van der Waals surface area contributed by atoms with Crippen LogP contribution in [0.2, 0.25) is 5.02 Å². The van der Waals surface area contributed by atoms with Gasteiger partial charge in [-0.3, -0.25) is 9.67 Å². The first-order chi connectivity index (χ1) is 20.4. The number of aromatic nitrogens is 3. The maximum absolute atomic E-state index is 13.9. The molecule has 5 rings (SSSR count). The molecule has 2 aromatic heterocycles. The number of allylic oxidation sites excluding steroid dienone is 1. The van der Waals surface area contributed by atoms with E-state index in [2.05, 4.69) is 15.4 Å². The number of hydrogen-bond donors (Lipinski definition) is 2. The Hall–Kier alpha value is -3.17. The minimum atomic E-state index is -3.82. The Kier molecular flexibility index (Phi) is 9.05. The fourth-order valence-electron chi connectivity index (χ4n) is 5.14. The maximum Gasteiger partial charge on any atom is 0.338 e. The number of sulfonamides is 1. The number of rotatable bonds is 9. The van der Waals surface area contributed by atoms with Crippen LogP contribution in [0, 0.1) is 11.7 Å². The molecular formula is C28H32ClFN6O5S2. The second-order valence-corrected chi connectivity index (χ2v) is 14.2. The number of carbonyl (C=O) groups excluding carboxylic acids is 1. The van der Waals surface area contributed by atoms with Crippen LogP contribution in [0.15, 0.2) is 63.3 Å². The minimum absolute atomic E-state index is 0.0798. The van der Waals surface area contributed by atoms with E-state index in [-0.39, 0.29) is 34.5 Å². The summed E-state index contributed by atoms with van der Waals surface area (Å²) in [5.41, 5.74) is 0.306. The van der Waals surface area contributed by atoms with Crippen LogP contribution in [0.3, 0.4) is 0 Å². The van der Waals surface area contributed by atoms with Gasteiger partial charge >= 0.3 is 5.97 Å². The number of aliphatic imine (C=N–C) groups is 1. The third-order valence-corrected chi connectivity index (χ3v) is 10.4. The number of nitrogens with one attached hydrogen (secondary N) is 1. The molecule has 0 amide bonds. The number of amidine groups is 1. The van der Waals surface area contributed by atoms with Crippen LogP contribution in [0.4, 0.5) is 4.39 Å². The largest absolute Gasteiger partial charge is 0.466 e. The van der Waals surface area contributed by atoms with Gasteiger partial charge in [-0.1, -0.05) is 17.7 Å². The Bertz CT molecular complexity index is 1660. The van der Waals surface area contributed by atoms with Crippen molar-refractivity contribution in [2.45, 2.75) is 56.2 Å². The molecular weight excluding hydrogens is 619 g/mol. The van der Waals surface area contributed by atoms with Crippen LogP contribution in [0.5, 0.6) is 0 Å². The summed E-state index contributed by atoms with van der Waals surface area (Å²) in [6.07, 6.45) is 5.66. The van der Waals surface area contributed by atoms with Gasteiger partial charge in [0.2, 0.25) is 10.0 Å². The molecule has 2 N–H and O–H groups in total. The number of hydrogen-bond acceptors (Lipinski definition) is 10. The molecule has 3 aromatic rings. The quantitative estimate of drug-likeness (QED) is 0.333. The summed E-state index contributed by atoms with van der Waals surface area (Å²) in [5.74, 6) is -0.964. The van der Waals surface area contributed by atoms with E-state index >= 15 is 0 Å². The van der Waals surface area contributed by atoms with Gasteiger partial charge in [-0.25, -0.2) is 22.6 Å². The van der Waals surface area contributed by atoms with Gasteiger partial charge in [0.05, 0.1) is 24.5 Å². The molecule has 0 radical (unpaired) electrons. The SMILES string of the molecule is COC(=O)C1=C(C2CCN(S(=O)(=O)c3cnn(CCC(C)(C)O)c3)CC2)NC(c2nccs2)=N[C@@H]1c1ccc(F)cc1Cl. The number of aryl methyl sites for hydroxylation is 1. The Labute approximate surface area is 258 Å². The Morgan fingerprint density at radius 3 is 2.67 bits per heavy atom. The highest BCUT2D eigenvalue weighted by Crippen LogP contribution is 2.40. The number of ether oxygens (including phenoxy) is 1. The van der Waals surface area contributed by atoms with Crippen molar-refractivity contribution < 1.29 is 27.4 Å². The molecule has 15 heteroatoms. The standard InChI is InChI=1S/C28H32ClFN6O5S2/c1-28(2,38)8-12-35-16-19(15-32-35)43(39,40)36-10-6-17(7-11-36)23-22(27(37)41-3)24(20-5-4-18(30)14-21(20)29)34-25(33-23)26-31-9-13-42-26/h4-5,9,13-17,24,38H,6-8,10-12H2,1-3H3,(H,33,34)/t24-/m1/s1. The van der Waals surface area contributed by atoms with Gasteiger partial charge in [-0.05, 0) is 45.2 Å². The number of thiazole rings is 1. The highest BCUT2D eigenvalue weighted by Gasteiger charge is 2.39. The lowest BCUT2D eigenvalue weighted by Crippen LogP contribution is -2.43. The topological polar surface area (TPSA) is 139 Å². The van der Waals surface area contributed by atoms with E-state index in [1.807, 2.05) is 0 Å². The van der Waals surface area contributed by atoms with Crippen LogP contribution in [-0.2, 0) is 26.1 Å². The first-order valence-electron chi connectivity index (χ1n) is 13.6. The fraction of sp³-hybridized carbons (Fsp3) is 0.429. The molecule has 11 nitrogen and oxygen atoms in total. The van der Waals surface area contributed by atoms with Crippen LogP contribution < -0.4 is 5.32 Å². The Balaban J connectivity index is 1.43. The molecule has 2 aliphatic heterocycles. The van der Waals surface area contributed by atoms with E-state index < -0.39 is 33.5 Å². The first kappa shape index (κ1) is 31.3. The van der Waals surface area contributed by atoms with Crippen molar-refractivity contribution in [1.29, 1.82) is 0 Å². The maximum atomic E-state index is 13.9. The lowest BCUT2D eigenvalue weighted by molar-refractivity contribution is -0.136. The van der Waals surface area contributed by atoms with Gasteiger partial charge in [0.15, 0.2) is 10.8 Å². The summed E-state index contributed by atoms with van der Waals surface area (Å²) in [6, 6.07) is 3.02. The lowest BCUT2D eigenvalue weighted by atomic mass is 9.86. The zero-order chi connectivity index (χ0) is 30.9. The summed E-state index contributed by atoms with van der Waals surface area (Å²) in [5, 5.41) is 20.0. The van der Waals surface area contributed by atoms with Crippen LogP contribution in [-0.4, -0.2) is 70.2 Å². The summed E-state index contributed by atoms with van der Waals surface area (Å²) in [4.78, 5) is 22.5. The van der Waals surface area contributed by atoms with Crippen molar-refractivity contribution in [3.8, 4) is 0 Å². The van der Waals surface area contributed by atoms with Gasteiger partial charge in [-0.15, -0.1) is 11.3 Å². The highest BCUT2D eigenvalue weighted by atomic mass is 35.5. The van der Waals surface area contributed by atoms with E-state index in [9.17, 15) is 22.7 Å². The van der Waals surface area contributed by atoms with Crippen molar-refractivity contribution in [3.63, 3.8) is 0 Å². The van der Waals surface area contributed by atoms with Gasteiger partial charge in [0, 0.05) is 59.6 Å². The normalized spacial score (nSPS) is 18.8. The Morgan fingerprint density at radius 1 is 1.30 bits per heavy atom. The monoisotopic (exact) mass is 650 g/mol. The van der Waals surface area contributed by atoms with E-state index in [1.165, 1.54) is 58.0 Å². The molecule has 1 atom stereocenters.